The Balaban J connectivity index is 0.00000243. The molecular weight excluding hydrogens is 437 g/mol. The summed E-state index contributed by atoms with van der Waals surface area (Å²) >= 11 is 0. The molecule has 2 fully saturated rings. The van der Waals surface area contributed by atoms with E-state index in [-0.39, 0.29) is 29.4 Å². The third kappa shape index (κ3) is 5.57. The van der Waals surface area contributed by atoms with E-state index < -0.39 is 0 Å². The molecule has 1 aromatic rings. The van der Waals surface area contributed by atoms with E-state index in [9.17, 15) is 0 Å². The van der Waals surface area contributed by atoms with Crippen LogP contribution >= 0.6 is 24.0 Å². The number of likely N-dealkylation sites (N-methyl/N-ethyl adjacent to an activating group) is 2. The standard InChI is InChI=1S/C20H33N5.HI/c1-4-21-19(22-14-18-15-24(2)12-13-25(18)3)23-16-20(10-11-20)17-8-6-5-7-9-17;/h5-9,18H,4,10-16H2,1-3H3,(H2,21,22,23);1H. The second kappa shape index (κ2) is 9.90. The minimum Gasteiger partial charge on any atom is -0.357 e. The Kier molecular flexibility index (Phi) is 8.16. The number of halogens is 1. The van der Waals surface area contributed by atoms with Gasteiger partial charge < -0.3 is 15.5 Å². The van der Waals surface area contributed by atoms with Crippen LogP contribution in [0.25, 0.3) is 0 Å². The van der Waals surface area contributed by atoms with Gasteiger partial charge in [-0.05, 0) is 39.4 Å². The molecule has 3 rings (SSSR count). The summed E-state index contributed by atoms with van der Waals surface area (Å²) in [6, 6.07) is 11.4. The molecule has 6 heteroatoms. The smallest absolute Gasteiger partial charge is 0.191 e. The van der Waals surface area contributed by atoms with Crippen molar-refractivity contribution < 1.29 is 0 Å². The number of nitrogens with zero attached hydrogens (tertiary/aromatic N) is 3. The van der Waals surface area contributed by atoms with Crippen molar-refractivity contribution in [2.45, 2.75) is 31.2 Å². The molecule has 1 saturated carbocycles. The molecule has 1 aliphatic carbocycles. The van der Waals surface area contributed by atoms with Gasteiger partial charge in [-0.25, -0.2) is 0 Å². The fraction of sp³-hybridized carbons (Fsp3) is 0.650. The molecule has 5 nitrogen and oxygen atoms in total. The molecule has 0 radical (unpaired) electrons. The molecule has 1 saturated heterocycles. The summed E-state index contributed by atoms with van der Waals surface area (Å²) in [5, 5.41) is 6.97. The van der Waals surface area contributed by atoms with Crippen molar-refractivity contribution in [3.05, 3.63) is 35.9 Å². The monoisotopic (exact) mass is 471 g/mol. The molecule has 1 aliphatic heterocycles. The Morgan fingerprint density at radius 1 is 1.15 bits per heavy atom. The first kappa shape index (κ1) is 21.4. The van der Waals surface area contributed by atoms with Crippen molar-refractivity contribution in [1.29, 1.82) is 0 Å². The largest absolute Gasteiger partial charge is 0.357 e. The first-order valence-electron chi connectivity index (χ1n) is 9.59. The summed E-state index contributed by atoms with van der Waals surface area (Å²) in [7, 11) is 4.42. The maximum absolute atomic E-state index is 4.91. The minimum atomic E-state index is 0. The van der Waals surface area contributed by atoms with Crippen LogP contribution in [0.1, 0.15) is 25.3 Å². The summed E-state index contributed by atoms with van der Waals surface area (Å²) < 4.78 is 0. The van der Waals surface area contributed by atoms with Crippen molar-refractivity contribution in [2.24, 2.45) is 4.99 Å². The zero-order chi connectivity index (χ0) is 17.7. The molecule has 0 bridgehead atoms. The third-order valence-electron chi connectivity index (χ3n) is 5.61. The maximum Gasteiger partial charge on any atom is 0.191 e. The van der Waals surface area contributed by atoms with Crippen LogP contribution in [-0.2, 0) is 5.41 Å². The van der Waals surface area contributed by atoms with E-state index in [1.807, 2.05) is 0 Å². The van der Waals surface area contributed by atoms with Crippen molar-refractivity contribution >= 4 is 29.9 Å². The van der Waals surface area contributed by atoms with Gasteiger partial charge >= 0.3 is 0 Å². The lowest BCUT2D eigenvalue weighted by molar-refractivity contribution is 0.116. The molecule has 0 aromatic heterocycles. The Hall–Kier alpha value is -0.860. The van der Waals surface area contributed by atoms with Crippen molar-refractivity contribution in [2.75, 3.05) is 53.4 Å². The fourth-order valence-electron chi connectivity index (χ4n) is 3.59. The van der Waals surface area contributed by atoms with Crippen LogP contribution in [0.2, 0.25) is 0 Å². The van der Waals surface area contributed by atoms with Gasteiger partial charge in [-0.3, -0.25) is 9.89 Å². The zero-order valence-corrected chi connectivity index (χ0v) is 18.7. The molecule has 1 heterocycles. The van der Waals surface area contributed by atoms with E-state index >= 15 is 0 Å². The van der Waals surface area contributed by atoms with E-state index in [1.165, 1.54) is 18.4 Å². The molecule has 1 atom stereocenters. The van der Waals surface area contributed by atoms with Crippen LogP contribution in [-0.4, -0.2) is 75.2 Å². The molecule has 2 N–H and O–H groups in total. The summed E-state index contributed by atoms with van der Waals surface area (Å²) in [5.74, 6) is 0.950. The van der Waals surface area contributed by atoms with Crippen LogP contribution in [0.3, 0.4) is 0 Å². The first-order chi connectivity index (χ1) is 12.1. The lowest BCUT2D eigenvalue weighted by Gasteiger charge is -2.38. The lowest BCUT2D eigenvalue weighted by Crippen LogP contribution is -2.55. The molecule has 1 aromatic carbocycles. The molecule has 1 unspecified atom stereocenters. The number of nitrogens with one attached hydrogen (secondary N) is 2. The van der Waals surface area contributed by atoms with Gasteiger partial charge in [0.25, 0.3) is 0 Å². The highest BCUT2D eigenvalue weighted by atomic mass is 127. The summed E-state index contributed by atoms with van der Waals surface area (Å²) in [5.41, 5.74) is 1.70. The Morgan fingerprint density at radius 3 is 2.54 bits per heavy atom. The zero-order valence-electron chi connectivity index (χ0n) is 16.4. The lowest BCUT2D eigenvalue weighted by atomic mass is 9.96. The quantitative estimate of drug-likeness (QED) is 0.379. The Bertz CT molecular complexity index is 573. The van der Waals surface area contributed by atoms with Crippen LogP contribution < -0.4 is 10.6 Å². The van der Waals surface area contributed by atoms with Crippen LogP contribution in [0.4, 0.5) is 0 Å². The first-order valence-corrected chi connectivity index (χ1v) is 9.59. The van der Waals surface area contributed by atoms with Gasteiger partial charge in [0.05, 0.1) is 6.54 Å². The predicted molar refractivity (Wildman–Crippen MR) is 121 cm³/mol. The van der Waals surface area contributed by atoms with Gasteiger partial charge in [0.1, 0.15) is 0 Å². The van der Waals surface area contributed by atoms with E-state index in [0.29, 0.717) is 6.04 Å². The summed E-state index contributed by atoms with van der Waals surface area (Å²) in [6.45, 7) is 8.22. The van der Waals surface area contributed by atoms with Gasteiger partial charge in [-0.15, -0.1) is 24.0 Å². The van der Waals surface area contributed by atoms with Gasteiger partial charge in [0.15, 0.2) is 5.96 Å². The second-order valence-electron chi connectivity index (χ2n) is 7.62. The van der Waals surface area contributed by atoms with Gasteiger partial charge in [0.2, 0.25) is 0 Å². The summed E-state index contributed by atoms with van der Waals surface area (Å²) in [6.07, 6.45) is 2.49. The van der Waals surface area contributed by atoms with Crippen LogP contribution in [0.5, 0.6) is 0 Å². The number of guanidine groups is 1. The number of piperazine rings is 1. The molecular formula is C20H34IN5. The molecule has 146 valence electrons. The number of aliphatic imine (C=N–C) groups is 1. The van der Waals surface area contributed by atoms with E-state index in [1.54, 1.807) is 0 Å². The van der Waals surface area contributed by atoms with E-state index in [4.69, 9.17) is 4.99 Å². The van der Waals surface area contributed by atoms with Gasteiger partial charge in [0, 0.05) is 44.2 Å². The van der Waals surface area contributed by atoms with Gasteiger partial charge in [-0.1, -0.05) is 30.3 Å². The highest BCUT2D eigenvalue weighted by Gasteiger charge is 2.44. The summed E-state index contributed by atoms with van der Waals surface area (Å²) in [4.78, 5) is 9.77. The highest BCUT2D eigenvalue weighted by molar-refractivity contribution is 14.0. The van der Waals surface area contributed by atoms with Gasteiger partial charge in [-0.2, -0.15) is 0 Å². The fourth-order valence-corrected chi connectivity index (χ4v) is 3.59. The SMILES string of the molecule is CCNC(=NCC1(c2ccccc2)CC1)NCC1CN(C)CCN1C.I. The molecule has 2 aliphatic rings. The van der Waals surface area contributed by atoms with Crippen LogP contribution in [0.15, 0.2) is 35.3 Å². The topological polar surface area (TPSA) is 42.9 Å². The maximum atomic E-state index is 4.91. The van der Waals surface area contributed by atoms with Crippen molar-refractivity contribution in [1.82, 2.24) is 20.4 Å². The van der Waals surface area contributed by atoms with E-state index in [0.717, 1.165) is 45.2 Å². The average Bonchev–Trinajstić information content (AvgIpc) is 3.42. The minimum absolute atomic E-state index is 0. The predicted octanol–water partition coefficient (Wildman–Crippen LogP) is 2.14. The number of hydrogen-bond acceptors (Lipinski definition) is 3. The highest BCUT2D eigenvalue weighted by Crippen LogP contribution is 2.48. The Labute approximate surface area is 175 Å². The van der Waals surface area contributed by atoms with E-state index in [2.05, 4.69) is 71.8 Å². The van der Waals surface area contributed by atoms with Crippen molar-refractivity contribution in [3.8, 4) is 0 Å². The normalized spacial score (nSPS) is 23.2. The number of hydrogen-bond donors (Lipinski definition) is 2. The molecule has 0 spiro atoms. The molecule has 0 amide bonds. The van der Waals surface area contributed by atoms with Crippen LogP contribution in [0, 0.1) is 0 Å². The average molecular weight is 471 g/mol. The third-order valence-corrected chi connectivity index (χ3v) is 5.61. The Morgan fingerprint density at radius 2 is 1.88 bits per heavy atom. The molecule has 26 heavy (non-hydrogen) atoms. The number of benzene rings is 1. The second-order valence-corrected chi connectivity index (χ2v) is 7.62. The van der Waals surface area contributed by atoms with Crippen molar-refractivity contribution in [3.63, 3.8) is 0 Å². The number of rotatable bonds is 6.